The van der Waals surface area contributed by atoms with Crippen LogP contribution in [0.1, 0.15) is 17.5 Å². The number of aryl methyl sites for hydroxylation is 2. The lowest BCUT2D eigenvalue weighted by molar-refractivity contribution is -0.122. The molecular formula is C21H24N2O4. The zero-order valence-corrected chi connectivity index (χ0v) is 16.0. The zero-order valence-electron chi connectivity index (χ0n) is 16.0. The Morgan fingerprint density at radius 2 is 1.89 bits per heavy atom. The number of hydrogen-bond donors (Lipinski definition) is 1. The Morgan fingerprint density at radius 1 is 1.11 bits per heavy atom. The highest BCUT2D eigenvalue weighted by Crippen LogP contribution is 2.36. The molecule has 3 rings (SSSR count). The molecule has 6 nitrogen and oxygen atoms in total. The van der Waals surface area contributed by atoms with Crippen molar-refractivity contribution >= 4 is 23.2 Å². The van der Waals surface area contributed by atoms with Gasteiger partial charge < -0.3 is 19.7 Å². The number of carbonyl (C=O) groups is 2. The molecule has 1 N–H and O–H groups in total. The van der Waals surface area contributed by atoms with Crippen LogP contribution in [-0.4, -0.2) is 32.6 Å². The Bertz CT molecular complexity index is 878. The lowest BCUT2D eigenvalue weighted by Gasteiger charge is -2.20. The first-order valence-electron chi connectivity index (χ1n) is 8.83. The standard InChI is InChI=1S/C21H24N2O4/c1-13-5-6-14(2)17(9-13)22-21(25)15-10-20(24)23(12-15)18-8-7-16(26-3)11-19(18)27-4/h5-9,11,15H,10,12H2,1-4H3,(H,22,25)/t15-/m0/s1. The molecule has 0 spiro atoms. The van der Waals surface area contributed by atoms with E-state index in [1.165, 1.54) is 0 Å². The van der Waals surface area contributed by atoms with Crippen LogP contribution < -0.4 is 19.7 Å². The first kappa shape index (κ1) is 18.8. The predicted molar refractivity (Wildman–Crippen MR) is 105 cm³/mol. The molecule has 0 unspecified atom stereocenters. The number of carbonyl (C=O) groups excluding carboxylic acids is 2. The minimum Gasteiger partial charge on any atom is -0.497 e. The van der Waals surface area contributed by atoms with Crippen LogP contribution in [0.2, 0.25) is 0 Å². The molecule has 1 fully saturated rings. The monoisotopic (exact) mass is 368 g/mol. The van der Waals surface area contributed by atoms with Gasteiger partial charge in [-0.25, -0.2) is 0 Å². The molecular weight excluding hydrogens is 344 g/mol. The Kier molecular flexibility index (Phi) is 5.35. The zero-order chi connectivity index (χ0) is 19.6. The van der Waals surface area contributed by atoms with E-state index in [2.05, 4.69) is 5.32 Å². The molecule has 142 valence electrons. The van der Waals surface area contributed by atoms with Crippen molar-refractivity contribution in [2.75, 3.05) is 31.0 Å². The van der Waals surface area contributed by atoms with E-state index < -0.39 is 5.92 Å². The van der Waals surface area contributed by atoms with Crippen molar-refractivity contribution in [1.82, 2.24) is 0 Å². The van der Waals surface area contributed by atoms with Crippen LogP contribution in [0, 0.1) is 19.8 Å². The summed E-state index contributed by atoms with van der Waals surface area (Å²) >= 11 is 0. The third-order valence-corrected chi connectivity index (χ3v) is 4.82. The number of amides is 2. The summed E-state index contributed by atoms with van der Waals surface area (Å²) in [5.74, 6) is 0.528. The highest BCUT2D eigenvalue weighted by Gasteiger charge is 2.36. The molecule has 27 heavy (non-hydrogen) atoms. The van der Waals surface area contributed by atoms with Gasteiger partial charge >= 0.3 is 0 Å². The molecule has 1 aliphatic heterocycles. The predicted octanol–water partition coefficient (Wildman–Crippen LogP) is 3.31. The lowest BCUT2D eigenvalue weighted by Crippen LogP contribution is -2.28. The Hall–Kier alpha value is -3.02. The Balaban J connectivity index is 1.77. The van der Waals surface area contributed by atoms with Gasteiger partial charge in [-0.3, -0.25) is 9.59 Å². The van der Waals surface area contributed by atoms with Gasteiger partial charge in [-0.15, -0.1) is 0 Å². The maximum atomic E-state index is 12.7. The van der Waals surface area contributed by atoms with E-state index in [-0.39, 0.29) is 18.2 Å². The fraction of sp³-hybridized carbons (Fsp3) is 0.333. The van der Waals surface area contributed by atoms with Gasteiger partial charge in [0.05, 0.1) is 25.8 Å². The highest BCUT2D eigenvalue weighted by molar-refractivity contribution is 6.04. The Labute approximate surface area is 159 Å². The molecule has 2 amide bonds. The first-order chi connectivity index (χ1) is 12.9. The maximum absolute atomic E-state index is 12.7. The van der Waals surface area contributed by atoms with Gasteiger partial charge in [0.1, 0.15) is 11.5 Å². The van der Waals surface area contributed by atoms with E-state index in [1.807, 2.05) is 32.0 Å². The number of anilines is 2. The van der Waals surface area contributed by atoms with Gasteiger partial charge in [0.2, 0.25) is 11.8 Å². The van der Waals surface area contributed by atoms with E-state index in [4.69, 9.17) is 9.47 Å². The molecule has 0 saturated carbocycles. The number of rotatable bonds is 5. The summed E-state index contributed by atoms with van der Waals surface area (Å²) in [4.78, 5) is 26.9. The van der Waals surface area contributed by atoms with Gasteiger partial charge in [-0.2, -0.15) is 0 Å². The van der Waals surface area contributed by atoms with Crippen LogP contribution in [0.5, 0.6) is 11.5 Å². The molecule has 0 aromatic heterocycles. The van der Waals surface area contributed by atoms with Crippen LogP contribution >= 0.6 is 0 Å². The van der Waals surface area contributed by atoms with Crippen LogP contribution in [-0.2, 0) is 9.59 Å². The summed E-state index contributed by atoms with van der Waals surface area (Å²) in [5, 5.41) is 2.96. The molecule has 1 aliphatic rings. The molecule has 2 aromatic rings. The third kappa shape index (κ3) is 3.89. The lowest BCUT2D eigenvalue weighted by atomic mass is 10.1. The molecule has 1 saturated heterocycles. The van der Waals surface area contributed by atoms with Crippen molar-refractivity contribution in [3.8, 4) is 11.5 Å². The van der Waals surface area contributed by atoms with Gasteiger partial charge in [-0.05, 0) is 43.2 Å². The van der Waals surface area contributed by atoms with Crippen molar-refractivity contribution < 1.29 is 19.1 Å². The average Bonchev–Trinajstić information content (AvgIpc) is 3.05. The summed E-state index contributed by atoms with van der Waals surface area (Å²) in [6.07, 6.45) is 0.173. The normalized spacial score (nSPS) is 16.4. The summed E-state index contributed by atoms with van der Waals surface area (Å²) in [6, 6.07) is 11.2. The summed E-state index contributed by atoms with van der Waals surface area (Å²) in [6.45, 7) is 4.24. The van der Waals surface area contributed by atoms with Crippen molar-refractivity contribution in [2.45, 2.75) is 20.3 Å². The third-order valence-electron chi connectivity index (χ3n) is 4.82. The number of nitrogens with one attached hydrogen (secondary N) is 1. The van der Waals surface area contributed by atoms with Crippen LogP contribution in [0.3, 0.4) is 0 Å². The number of nitrogens with zero attached hydrogens (tertiary/aromatic N) is 1. The van der Waals surface area contributed by atoms with Crippen molar-refractivity contribution in [3.05, 3.63) is 47.5 Å². The highest BCUT2D eigenvalue weighted by atomic mass is 16.5. The first-order valence-corrected chi connectivity index (χ1v) is 8.83. The van der Waals surface area contributed by atoms with Crippen molar-refractivity contribution in [2.24, 2.45) is 5.92 Å². The Morgan fingerprint density at radius 3 is 2.59 bits per heavy atom. The fourth-order valence-corrected chi connectivity index (χ4v) is 3.23. The van der Waals surface area contributed by atoms with E-state index in [0.29, 0.717) is 23.7 Å². The molecule has 6 heteroatoms. The van der Waals surface area contributed by atoms with E-state index in [0.717, 1.165) is 16.8 Å². The van der Waals surface area contributed by atoms with E-state index in [1.54, 1.807) is 37.3 Å². The minimum atomic E-state index is -0.413. The van der Waals surface area contributed by atoms with E-state index >= 15 is 0 Å². The molecule has 2 aromatic carbocycles. The molecule has 0 bridgehead atoms. The van der Waals surface area contributed by atoms with Gasteiger partial charge in [0, 0.05) is 24.7 Å². The second kappa shape index (κ2) is 7.70. The largest absolute Gasteiger partial charge is 0.497 e. The van der Waals surface area contributed by atoms with Crippen LogP contribution in [0.25, 0.3) is 0 Å². The smallest absolute Gasteiger partial charge is 0.229 e. The molecule has 1 atom stereocenters. The number of benzene rings is 2. The SMILES string of the molecule is COc1ccc(N2C[C@@H](C(=O)Nc3cc(C)ccc3C)CC2=O)c(OC)c1. The van der Waals surface area contributed by atoms with E-state index in [9.17, 15) is 9.59 Å². The van der Waals surface area contributed by atoms with Gasteiger partial charge in [0.25, 0.3) is 0 Å². The molecule has 1 heterocycles. The van der Waals surface area contributed by atoms with Gasteiger partial charge in [0.15, 0.2) is 0 Å². The summed E-state index contributed by atoms with van der Waals surface area (Å²) < 4.78 is 10.6. The second-order valence-corrected chi connectivity index (χ2v) is 6.75. The van der Waals surface area contributed by atoms with Crippen molar-refractivity contribution in [3.63, 3.8) is 0 Å². The summed E-state index contributed by atoms with van der Waals surface area (Å²) in [7, 11) is 3.12. The second-order valence-electron chi connectivity index (χ2n) is 6.75. The topological polar surface area (TPSA) is 67.9 Å². The fourth-order valence-electron chi connectivity index (χ4n) is 3.23. The maximum Gasteiger partial charge on any atom is 0.229 e. The molecule has 0 radical (unpaired) electrons. The van der Waals surface area contributed by atoms with Crippen LogP contribution in [0.4, 0.5) is 11.4 Å². The number of methoxy groups -OCH3 is 2. The van der Waals surface area contributed by atoms with Crippen LogP contribution in [0.15, 0.2) is 36.4 Å². The van der Waals surface area contributed by atoms with Crippen molar-refractivity contribution in [1.29, 1.82) is 0 Å². The average molecular weight is 368 g/mol. The molecule has 0 aliphatic carbocycles. The quantitative estimate of drug-likeness (QED) is 0.879. The van der Waals surface area contributed by atoms with Gasteiger partial charge in [-0.1, -0.05) is 12.1 Å². The minimum absolute atomic E-state index is 0.0976. The number of hydrogen-bond acceptors (Lipinski definition) is 4. The number of ether oxygens (including phenoxy) is 2. The summed E-state index contributed by atoms with van der Waals surface area (Å²) in [5.41, 5.74) is 3.49.